The molecule has 1 aromatic heterocycles. The van der Waals surface area contributed by atoms with Gasteiger partial charge in [-0.3, -0.25) is 4.79 Å². The lowest BCUT2D eigenvalue weighted by molar-refractivity contribution is 0.0919. The Balaban J connectivity index is 1.55. The van der Waals surface area contributed by atoms with E-state index in [1.54, 1.807) is 30.3 Å². The van der Waals surface area contributed by atoms with Gasteiger partial charge in [0.15, 0.2) is 17.3 Å². The van der Waals surface area contributed by atoms with E-state index in [1.807, 2.05) is 0 Å². The molecule has 0 aliphatic rings. The Hall–Kier alpha value is -2.86. The number of hydrogen-bond acceptors (Lipinski definition) is 3. The van der Waals surface area contributed by atoms with Crippen molar-refractivity contribution in [2.75, 3.05) is 0 Å². The lowest BCUT2D eigenvalue weighted by atomic mass is 10.2. The summed E-state index contributed by atoms with van der Waals surface area (Å²) in [5.74, 6) is -1.54. The lowest BCUT2D eigenvalue weighted by Crippen LogP contribution is -2.22. The fourth-order valence-corrected chi connectivity index (χ4v) is 2.32. The molecule has 0 atom stereocenters. The molecule has 3 aromatic rings. The smallest absolute Gasteiger partial charge is 0.287 e. The van der Waals surface area contributed by atoms with Crippen LogP contribution in [-0.2, 0) is 13.2 Å². The number of rotatable bonds is 6. The van der Waals surface area contributed by atoms with Gasteiger partial charge in [-0.25, -0.2) is 8.78 Å². The van der Waals surface area contributed by atoms with Crippen molar-refractivity contribution >= 4 is 17.5 Å². The first-order valence-corrected chi connectivity index (χ1v) is 8.08. The third-order valence-electron chi connectivity index (χ3n) is 3.52. The average Bonchev–Trinajstić information content (AvgIpc) is 3.09. The number of benzene rings is 2. The second-order valence-electron chi connectivity index (χ2n) is 5.44. The molecule has 4 nitrogen and oxygen atoms in total. The van der Waals surface area contributed by atoms with Crippen LogP contribution >= 0.6 is 11.6 Å². The van der Waals surface area contributed by atoms with E-state index in [4.69, 9.17) is 20.8 Å². The summed E-state index contributed by atoms with van der Waals surface area (Å²) in [6.07, 6.45) is 0. The Kier molecular flexibility index (Phi) is 5.53. The number of furan rings is 1. The van der Waals surface area contributed by atoms with Gasteiger partial charge in [0.25, 0.3) is 5.91 Å². The van der Waals surface area contributed by atoms with Crippen LogP contribution in [0.5, 0.6) is 5.75 Å². The van der Waals surface area contributed by atoms with Gasteiger partial charge >= 0.3 is 0 Å². The summed E-state index contributed by atoms with van der Waals surface area (Å²) in [6, 6.07) is 13.1. The van der Waals surface area contributed by atoms with Crippen LogP contribution in [0.15, 0.2) is 59.0 Å². The van der Waals surface area contributed by atoms with Crippen LogP contribution in [0.1, 0.15) is 21.9 Å². The zero-order valence-corrected chi connectivity index (χ0v) is 14.2. The maximum absolute atomic E-state index is 13.5. The molecule has 2 aromatic carbocycles. The van der Waals surface area contributed by atoms with E-state index in [-0.39, 0.29) is 24.0 Å². The Bertz CT molecular complexity index is 909. The SMILES string of the molecule is O=C(NCc1ccc(Cl)cc1)c1ccc(COc2ccc(F)cc2F)o1. The number of ether oxygens (including phenoxy) is 1. The zero-order valence-electron chi connectivity index (χ0n) is 13.5. The zero-order chi connectivity index (χ0) is 18.5. The van der Waals surface area contributed by atoms with E-state index in [1.165, 1.54) is 12.1 Å². The molecule has 1 heterocycles. The maximum atomic E-state index is 13.5. The van der Waals surface area contributed by atoms with Crippen molar-refractivity contribution in [2.45, 2.75) is 13.2 Å². The van der Waals surface area contributed by atoms with Crippen molar-refractivity contribution in [1.29, 1.82) is 0 Å². The summed E-state index contributed by atoms with van der Waals surface area (Å²) in [5.41, 5.74) is 0.893. The molecule has 0 saturated carbocycles. The van der Waals surface area contributed by atoms with Crippen LogP contribution < -0.4 is 10.1 Å². The molecule has 3 rings (SSSR count). The van der Waals surface area contributed by atoms with Gasteiger partial charge in [0.05, 0.1) is 0 Å². The highest BCUT2D eigenvalue weighted by molar-refractivity contribution is 6.30. The average molecular weight is 378 g/mol. The predicted octanol–water partition coefficient (Wildman–Crippen LogP) is 4.72. The normalized spacial score (nSPS) is 10.6. The highest BCUT2D eigenvalue weighted by Gasteiger charge is 2.12. The molecule has 0 spiro atoms. The Morgan fingerprint density at radius 2 is 1.85 bits per heavy atom. The summed E-state index contributed by atoms with van der Waals surface area (Å²) in [5, 5.41) is 3.34. The third-order valence-corrected chi connectivity index (χ3v) is 3.77. The van der Waals surface area contributed by atoms with Gasteiger partial charge < -0.3 is 14.5 Å². The van der Waals surface area contributed by atoms with E-state index in [9.17, 15) is 13.6 Å². The number of halogens is 3. The van der Waals surface area contributed by atoms with Gasteiger partial charge in [0, 0.05) is 17.6 Å². The standard InChI is InChI=1S/C19H14ClF2NO3/c20-13-3-1-12(2-4-13)10-23-19(24)18-8-6-15(26-18)11-25-17-7-5-14(21)9-16(17)22/h1-9H,10-11H2,(H,23,24). The van der Waals surface area contributed by atoms with Gasteiger partial charge in [-0.1, -0.05) is 23.7 Å². The minimum atomic E-state index is -0.808. The monoisotopic (exact) mass is 377 g/mol. The molecule has 0 aliphatic heterocycles. The fourth-order valence-electron chi connectivity index (χ4n) is 2.19. The predicted molar refractivity (Wildman–Crippen MR) is 92.0 cm³/mol. The van der Waals surface area contributed by atoms with Gasteiger partial charge in [-0.15, -0.1) is 0 Å². The molecule has 0 bridgehead atoms. The maximum Gasteiger partial charge on any atom is 0.287 e. The first kappa shape index (κ1) is 17.9. The molecule has 0 unspecified atom stereocenters. The second kappa shape index (κ2) is 8.01. The molecule has 0 fully saturated rings. The quantitative estimate of drug-likeness (QED) is 0.676. The molecule has 26 heavy (non-hydrogen) atoms. The number of amides is 1. The fraction of sp³-hybridized carbons (Fsp3) is 0.105. The van der Waals surface area contributed by atoms with Gasteiger partial charge in [-0.2, -0.15) is 0 Å². The Morgan fingerprint density at radius 1 is 1.08 bits per heavy atom. The lowest BCUT2D eigenvalue weighted by Gasteiger charge is -2.05. The first-order valence-electron chi connectivity index (χ1n) is 7.70. The van der Waals surface area contributed by atoms with E-state index >= 15 is 0 Å². The number of carbonyl (C=O) groups excluding carboxylic acids is 1. The van der Waals surface area contributed by atoms with Crippen molar-refractivity contribution in [3.8, 4) is 5.75 Å². The minimum absolute atomic E-state index is 0.0903. The van der Waals surface area contributed by atoms with Crippen molar-refractivity contribution in [1.82, 2.24) is 5.32 Å². The molecule has 1 amide bonds. The highest BCUT2D eigenvalue weighted by atomic mass is 35.5. The van der Waals surface area contributed by atoms with E-state index in [0.29, 0.717) is 17.3 Å². The van der Waals surface area contributed by atoms with Crippen LogP contribution in [0.2, 0.25) is 5.02 Å². The summed E-state index contributed by atoms with van der Waals surface area (Å²) >= 11 is 5.81. The second-order valence-corrected chi connectivity index (χ2v) is 5.87. The molecular formula is C19H14ClF2NO3. The summed E-state index contributed by atoms with van der Waals surface area (Å²) < 4.78 is 37.0. The number of hydrogen-bond donors (Lipinski definition) is 1. The molecule has 0 aliphatic carbocycles. The Morgan fingerprint density at radius 3 is 2.58 bits per heavy atom. The summed E-state index contributed by atoms with van der Waals surface area (Å²) in [7, 11) is 0. The molecule has 134 valence electrons. The molecular weight excluding hydrogens is 364 g/mol. The Labute approximate surface area is 153 Å². The van der Waals surface area contributed by atoms with Gasteiger partial charge in [0.2, 0.25) is 0 Å². The van der Waals surface area contributed by atoms with Crippen LogP contribution in [0.4, 0.5) is 8.78 Å². The largest absolute Gasteiger partial charge is 0.483 e. The van der Waals surface area contributed by atoms with E-state index < -0.39 is 11.6 Å². The van der Waals surface area contributed by atoms with Crippen LogP contribution in [0, 0.1) is 11.6 Å². The highest BCUT2D eigenvalue weighted by Crippen LogP contribution is 2.19. The van der Waals surface area contributed by atoms with E-state index in [2.05, 4.69) is 5.32 Å². The topological polar surface area (TPSA) is 51.5 Å². The first-order chi connectivity index (χ1) is 12.5. The minimum Gasteiger partial charge on any atom is -0.483 e. The number of carbonyl (C=O) groups is 1. The van der Waals surface area contributed by atoms with Crippen molar-refractivity contribution < 1.29 is 22.7 Å². The third kappa shape index (κ3) is 4.61. The summed E-state index contributed by atoms with van der Waals surface area (Å²) in [6.45, 7) is 0.232. The summed E-state index contributed by atoms with van der Waals surface area (Å²) in [4.78, 5) is 12.1. The molecule has 0 radical (unpaired) electrons. The molecule has 7 heteroatoms. The van der Waals surface area contributed by atoms with Crippen molar-refractivity contribution in [3.05, 3.63) is 88.3 Å². The van der Waals surface area contributed by atoms with Gasteiger partial charge in [-0.05, 0) is 42.0 Å². The van der Waals surface area contributed by atoms with Crippen LogP contribution in [0.3, 0.4) is 0 Å². The van der Waals surface area contributed by atoms with Crippen LogP contribution in [0.25, 0.3) is 0 Å². The molecule has 1 N–H and O–H groups in total. The van der Waals surface area contributed by atoms with Crippen LogP contribution in [-0.4, -0.2) is 5.91 Å². The van der Waals surface area contributed by atoms with E-state index in [0.717, 1.165) is 17.7 Å². The van der Waals surface area contributed by atoms with Gasteiger partial charge in [0.1, 0.15) is 18.2 Å². The van der Waals surface area contributed by atoms with Crippen molar-refractivity contribution in [3.63, 3.8) is 0 Å². The molecule has 0 saturated heterocycles. The van der Waals surface area contributed by atoms with Crippen molar-refractivity contribution in [2.24, 2.45) is 0 Å². The number of nitrogens with one attached hydrogen (secondary N) is 1.